The smallest absolute Gasteiger partial charge is 0.235 e. The first-order valence-electron chi connectivity index (χ1n) is 5.80. The Kier molecular flexibility index (Phi) is 2.88. The maximum absolute atomic E-state index is 12.3. The van der Waals surface area contributed by atoms with Crippen LogP contribution in [0.5, 0.6) is 0 Å². The van der Waals surface area contributed by atoms with Crippen molar-refractivity contribution >= 4 is 34.5 Å². The normalized spacial score (nSPS) is 16.3. The third kappa shape index (κ3) is 2.04. The molecule has 18 heavy (non-hydrogen) atoms. The van der Waals surface area contributed by atoms with Crippen LogP contribution in [0.4, 0.5) is 5.69 Å². The van der Waals surface area contributed by atoms with E-state index in [1.807, 2.05) is 41.1 Å². The van der Waals surface area contributed by atoms with E-state index in [1.165, 1.54) is 0 Å². The van der Waals surface area contributed by atoms with E-state index in [2.05, 4.69) is 5.32 Å². The van der Waals surface area contributed by atoms with Crippen molar-refractivity contribution in [2.45, 2.75) is 18.3 Å². The predicted octanol–water partition coefficient (Wildman–Crippen LogP) is 4.07. The number of hydrogen-bond acceptors (Lipinski definition) is 2. The monoisotopic (exact) mass is 277 g/mol. The second kappa shape index (κ2) is 4.41. The number of carbonyl (C=O) groups is 1. The van der Waals surface area contributed by atoms with Gasteiger partial charge in [0.15, 0.2) is 0 Å². The van der Waals surface area contributed by atoms with E-state index in [1.54, 1.807) is 11.3 Å². The number of carbonyl (C=O) groups excluding carboxylic acids is 1. The summed E-state index contributed by atoms with van der Waals surface area (Å²) in [5, 5.41) is 7.57. The van der Waals surface area contributed by atoms with Crippen LogP contribution in [0.3, 0.4) is 0 Å². The summed E-state index contributed by atoms with van der Waals surface area (Å²) in [4.78, 5) is 12.3. The molecule has 0 radical (unpaired) electrons. The molecule has 4 heteroatoms. The largest absolute Gasteiger partial charge is 0.325 e. The van der Waals surface area contributed by atoms with Crippen molar-refractivity contribution in [3.8, 4) is 0 Å². The van der Waals surface area contributed by atoms with Crippen LogP contribution in [-0.2, 0) is 10.2 Å². The van der Waals surface area contributed by atoms with Gasteiger partial charge in [-0.2, -0.15) is 11.3 Å². The molecule has 1 aromatic heterocycles. The fourth-order valence-corrected chi connectivity index (χ4v) is 2.84. The molecule has 1 heterocycles. The van der Waals surface area contributed by atoms with Crippen LogP contribution in [0, 0.1) is 0 Å². The Morgan fingerprint density at radius 2 is 1.94 bits per heavy atom. The van der Waals surface area contributed by atoms with Gasteiger partial charge in [0, 0.05) is 10.4 Å². The minimum Gasteiger partial charge on any atom is -0.325 e. The van der Waals surface area contributed by atoms with Gasteiger partial charge >= 0.3 is 0 Å². The maximum atomic E-state index is 12.3. The second-order valence-electron chi connectivity index (χ2n) is 4.56. The van der Waals surface area contributed by atoms with Gasteiger partial charge in [-0.05, 0) is 42.0 Å². The Labute approximate surface area is 115 Å². The van der Waals surface area contributed by atoms with Crippen LogP contribution in [0.15, 0.2) is 41.1 Å². The van der Waals surface area contributed by atoms with Crippen molar-refractivity contribution in [3.05, 3.63) is 51.7 Å². The molecular weight excluding hydrogens is 266 g/mol. The minimum atomic E-state index is -0.341. The van der Waals surface area contributed by atoms with Crippen LogP contribution < -0.4 is 5.32 Å². The van der Waals surface area contributed by atoms with E-state index >= 15 is 0 Å². The fraction of sp³-hybridized carbons (Fsp3) is 0.214. The summed E-state index contributed by atoms with van der Waals surface area (Å²) in [6.45, 7) is 0. The molecule has 3 rings (SSSR count). The highest BCUT2D eigenvalue weighted by Crippen LogP contribution is 2.49. The van der Waals surface area contributed by atoms with Gasteiger partial charge in [0.25, 0.3) is 0 Å². The van der Waals surface area contributed by atoms with Crippen LogP contribution in [0.2, 0.25) is 5.02 Å². The summed E-state index contributed by atoms with van der Waals surface area (Å²) >= 11 is 7.46. The Balaban J connectivity index is 1.82. The molecule has 92 valence electrons. The fourth-order valence-electron chi connectivity index (χ4n) is 2.13. The van der Waals surface area contributed by atoms with Gasteiger partial charge in [0.2, 0.25) is 5.91 Å². The SMILES string of the molecule is O=C(Nc1ccsc1)C1(c2ccc(Cl)cc2)CC1. The topological polar surface area (TPSA) is 29.1 Å². The quantitative estimate of drug-likeness (QED) is 0.900. The average molecular weight is 278 g/mol. The van der Waals surface area contributed by atoms with Crippen molar-refractivity contribution < 1.29 is 4.79 Å². The number of thiophene rings is 1. The zero-order chi connectivity index (χ0) is 12.6. The van der Waals surface area contributed by atoms with Crippen LogP contribution in [0.25, 0.3) is 0 Å². The summed E-state index contributed by atoms with van der Waals surface area (Å²) < 4.78 is 0. The van der Waals surface area contributed by atoms with Gasteiger partial charge < -0.3 is 5.32 Å². The van der Waals surface area contributed by atoms with E-state index in [-0.39, 0.29) is 11.3 Å². The van der Waals surface area contributed by atoms with E-state index in [9.17, 15) is 4.79 Å². The number of rotatable bonds is 3. The number of halogens is 1. The average Bonchev–Trinajstić information content (AvgIpc) is 3.03. The van der Waals surface area contributed by atoms with Gasteiger partial charge in [-0.15, -0.1) is 0 Å². The van der Waals surface area contributed by atoms with Gasteiger partial charge in [0.05, 0.1) is 11.1 Å². The third-order valence-electron chi connectivity index (χ3n) is 3.36. The second-order valence-corrected chi connectivity index (χ2v) is 5.77. The van der Waals surface area contributed by atoms with Crippen molar-refractivity contribution in [2.75, 3.05) is 5.32 Å². The first-order chi connectivity index (χ1) is 8.71. The van der Waals surface area contributed by atoms with E-state index in [0.29, 0.717) is 5.02 Å². The predicted molar refractivity (Wildman–Crippen MR) is 75.3 cm³/mol. The highest BCUT2D eigenvalue weighted by atomic mass is 35.5. The molecule has 1 saturated carbocycles. The highest BCUT2D eigenvalue weighted by molar-refractivity contribution is 7.08. The van der Waals surface area contributed by atoms with Crippen LogP contribution in [0.1, 0.15) is 18.4 Å². The Morgan fingerprint density at radius 3 is 2.50 bits per heavy atom. The Morgan fingerprint density at radius 1 is 1.22 bits per heavy atom. The van der Waals surface area contributed by atoms with Crippen LogP contribution >= 0.6 is 22.9 Å². The Hall–Kier alpha value is -1.32. The molecule has 0 spiro atoms. The standard InChI is InChI=1S/C14H12ClNOS/c15-11-3-1-10(2-4-11)14(6-7-14)13(17)16-12-5-8-18-9-12/h1-5,8-9H,6-7H2,(H,16,17). The molecule has 1 aromatic carbocycles. The van der Waals surface area contributed by atoms with E-state index < -0.39 is 0 Å². The molecule has 1 aliphatic carbocycles. The highest BCUT2D eigenvalue weighted by Gasteiger charge is 2.51. The lowest BCUT2D eigenvalue weighted by atomic mass is 9.95. The number of nitrogens with one attached hydrogen (secondary N) is 1. The summed E-state index contributed by atoms with van der Waals surface area (Å²) in [5.41, 5.74) is 1.59. The van der Waals surface area contributed by atoms with Gasteiger partial charge in [-0.3, -0.25) is 4.79 Å². The van der Waals surface area contributed by atoms with Crippen molar-refractivity contribution in [2.24, 2.45) is 0 Å². The molecular formula is C14H12ClNOS. The summed E-state index contributed by atoms with van der Waals surface area (Å²) in [6, 6.07) is 9.50. The molecule has 2 nitrogen and oxygen atoms in total. The molecule has 2 aromatic rings. The molecule has 1 N–H and O–H groups in total. The lowest BCUT2D eigenvalue weighted by Gasteiger charge is -2.15. The number of amides is 1. The molecule has 0 aliphatic heterocycles. The molecule has 1 amide bonds. The molecule has 0 unspecified atom stereocenters. The summed E-state index contributed by atoms with van der Waals surface area (Å²) in [6.07, 6.45) is 1.81. The van der Waals surface area contributed by atoms with E-state index in [0.717, 1.165) is 24.1 Å². The first-order valence-corrected chi connectivity index (χ1v) is 7.12. The zero-order valence-corrected chi connectivity index (χ0v) is 11.2. The number of hydrogen-bond donors (Lipinski definition) is 1. The molecule has 1 aliphatic rings. The van der Waals surface area contributed by atoms with Gasteiger partial charge in [-0.1, -0.05) is 23.7 Å². The molecule has 0 saturated heterocycles. The maximum Gasteiger partial charge on any atom is 0.235 e. The molecule has 1 fully saturated rings. The lowest BCUT2D eigenvalue weighted by Crippen LogP contribution is -2.27. The summed E-state index contributed by atoms with van der Waals surface area (Å²) in [7, 11) is 0. The van der Waals surface area contributed by atoms with Gasteiger partial charge in [-0.25, -0.2) is 0 Å². The van der Waals surface area contributed by atoms with Crippen molar-refractivity contribution in [1.29, 1.82) is 0 Å². The van der Waals surface area contributed by atoms with Crippen molar-refractivity contribution in [1.82, 2.24) is 0 Å². The van der Waals surface area contributed by atoms with E-state index in [4.69, 9.17) is 11.6 Å². The summed E-state index contributed by atoms with van der Waals surface area (Å²) in [5.74, 6) is 0.0863. The number of benzene rings is 1. The zero-order valence-electron chi connectivity index (χ0n) is 9.65. The third-order valence-corrected chi connectivity index (χ3v) is 4.30. The molecule has 0 bridgehead atoms. The van der Waals surface area contributed by atoms with Crippen LogP contribution in [-0.4, -0.2) is 5.91 Å². The molecule has 0 atom stereocenters. The van der Waals surface area contributed by atoms with Crippen molar-refractivity contribution in [3.63, 3.8) is 0 Å². The number of anilines is 1. The Bertz CT molecular complexity index is 558. The van der Waals surface area contributed by atoms with Gasteiger partial charge in [0.1, 0.15) is 0 Å². The minimum absolute atomic E-state index is 0.0863. The lowest BCUT2D eigenvalue weighted by molar-refractivity contribution is -0.118. The first kappa shape index (κ1) is 11.8.